The maximum atomic E-state index is 12.4. The summed E-state index contributed by atoms with van der Waals surface area (Å²) in [5.41, 5.74) is 0.784. The summed E-state index contributed by atoms with van der Waals surface area (Å²) < 4.78 is 5.42. The van der Waals surface area contributed by atoms with Crippen LogP contribution in [0.15, 0.2) is 24.3 Å². The molecule has 1 aromatic carbocycles. The first-order chi connectivity index (χ1) is 13.1. The maximum Gasteiger partial charge on any atom is 0.227 e. The van der Waals surface area contributed by atoms with Crippen molar-refractivity contribution in [3.05, 3.63) is 24.3 Å². The molecular formula is C20H27N3O4. The number of benzene rings is 1. The van der Waals surface area contributed by atoms with Gasteiger partial charge in [-0.05, 0) is 44.0 Å². The smallest absolute Gasteiger partial charge is 0.227 e. The average molecular weight is 373 g/mol. The van der Waals surface area contributed by atoms with Gasteiger partial charge in [0.2, 0.25) is 17.7 Å². The van der Waals surface area contributed by atoms with Crippen molar-refractivity contribution in [2.45, 2.75) is 32.6 Å². The third kappa shape index (κ3) is 4.78. The summed E-state index contributed by atoms with van der Waals surface area (Å²) in [7, 11) is 0. The highest BCUT2D eigenvalue weighted by Crippen LogP contribution is 2.27. The summed E-state index contributed by atoms with van der Waals surface area (Å²) in [5, 5.41) is 2.91. The van der Waals surface area contributed by atoms with Crippen LogP contribution in [0.25, 0.3) is 0 Å². The van der Waals surface area contributed by atoms with Gasteiger partial charge in [0.25, 0.3) is 0 Å². The van der Waals surface area contributed by atoms with Gasteiger partial charge in [0, 0.05) is 44.7 Å². The maximum absolute atomic E-state index is 12.4. The van der Waals surface area contributed by atoms with Crippen LogP contribution in [0, 0.1) is 5.92 Å². The molecule has 2 aliphatic rings. The molecule has 2 fully saturated rings. The normalized spacial score (nSPS) is 19.7. The van der Waals surface area contributed by atoms with Crippen LogP contribution in [0.4, 0.5) is 5.69 Å². The standard InChI is InChI=1S/C20H27N3O4/c1-2-27-17-8-6-16(7-9-17)23-14-15(13-19(23)25)20(26)21-10-4-12-22-11-3-5-18(22)24/h6-9,15H,2-5,10-14H2,1H3,(H,21,26). The number of likely N-dealkylation sites (tertiary alicyclic amines) is 1. The molecule has 27 heavy (non-hydrogen) atoms. The van der Waals surface area contributed by atoms with Gasteiger partial charge in [-0.3, -0.25) is 14.4 Å². The third-order valence-corrected chi connectivity index (χ3v) is 5.03. The molecule has 1 unspecified atom stereocenters. The minimum Gasteiger partial charge on any atom is -0.494 e. The zero-order valence-corrected chi connectivity index (χ0v) is 15.8. The molecule has 1 atom stereocenters. The number of nitrogens with one attached hydrogen (secondary N) is 1. The predicted octanol–water partition coefficient (Wildman–Crippen LogP) is 1.57. The number of hydrogen-bond donors (Lipinski definition) is 1. The lowest BCUT2D eigenvalue weighted by molar-refractivity contribution is -0.127. The van der Waals surface area contributed by atoms with E-state index in [0.717, 1.165) is 30.8 Å². The molecule has 0 spiro atoms. The van der Waals surface area contributed by atoms with Crippen LogP contribution in [-0.2, 0) is 14.4 Å². The molecule has 7 heteroatoms. The number of rotatable bonds is 8. The van der Waals surface area contributed by atoms with Crippen LogP contribution in [0.2, 0.25) is 0 Å². The second-order valence-corrected chi connectivity index (χ2v) is 6.96. The molecule has 2 aliphatic heterocycles. The zero-order chi connectivity index (χ0) is 19.2. The van der Waals surface area contributed by atoms with Gasteiger partial charge in [-0.2, -0.15) is 0 Å². The largest absolute Gasteiger partial charge is 0.494 e. The number of carbonyl (C=O) groups is 3. The molecule has 1 aromatic rings. The average Bonchev–Trinajstić information content (AvgIpc) is 3.25. The molecule has 3 amide bonds. The Morgan fingerprint density at radius 1 is 1.22 bits per heavy atom. The van der Waals surface area contributed by atoms with E-state index in [9.17, 15) is 14.4 Å². The Bertz CT molecular complexity index is 689. The number of anilines is 1. The number of ether oxygens (including phenoxy) is 1. The van der Waals surface area contributed by atoms with E-state index in [4.69, 9.17) is 4.74 Å². The molecule has 0 aromatic heterocycles. The monoisotopic (exact) mass is 373 g/mol. The fourth-order valence-electron chi connectivity index (χ4n) is 3.59. The first-order valence-electron chi connectivity index (χ1n) is 9.67. The predicted molar refractivity (Wildman–Crippen MR) is 102 cm³/mol. The minimum atomic E-state index is -0.336. The zero-order valence-electron chi connectivity index (χ0n) is 15.8. The fourth-order valence-corrected chi connectivity index (χ4v) is 3.59. The van der Waals surface area contributed by atoms with E-state index in [1.54, 1.807) is 4.90 Å². The van der Waals surface area contributed by atoms with E-state index in [1.807, 2.05) is 36.1 Å². The Balaban J connectivity index is 1.44. The SMILES string of the molecule is CCOc1ccc(N2CC(C(=O)NCCCN3CCCC3=O)CC2=O)cc1. The van der Waals surface area contributed by atoms with Crippen LogP contribution in [0.5, 0.6) is 5.75 Å². The van der Waals surface area contributed by atoms with Crippen molar-refractivity contribution in [3.63, 3.8) is 0 Å². The Morgan fingerprint density at radius 3 is 2.67 bits per heavy atom. The van der Waals surface area contributed by atoms with Gasteiger partial charge in [0.1, 0.15) is 5.75 Å². The summed E-state index contributed by atoms with van der Waals surface area (Å²) in [6, 6.07) is 7.35. The quantitative estimate of drug-likeness (QED) is 0.702. The van der Waals surface area contributed by atoms with Crippen LogP contribution >= 0.6 is 0 Å². The molecule has 2 heterocycles. The molecule has 0 saturated carbocycles. The lowest BCUT2D eigenvalue weighted by Crippen LogP contribution is -2.35. The van der Waals surface area contributed by atoms with Crippen molar-refractivity contribution in [1.29, 1.82) is 0 Å². The lowest BCUT2D eigenvalue weighted by Gasteiger charge is -2.18. The molecule has 0 radical (unpaired) electrons. The van der Waals surface area contributed by atoms with E-state index in [1.165, 1.54) is 0 Å². The van der Waals surface area contributed by atoms with Crippen molar-refractivity contribution >= 4 is 23.4 Å². The van der Waals surface area contributed by atoms with Crippen molar-refractivity contribution in [2.24, 2.45) is 5.92 Å². The summed E-state index contributed by atoms with van der Waals surface area (Å²) in [5.74, 6) is 0.497. The van der Waals surface area contributed by atoms with Crippen molar-refractivity contribution in [1.82, 2.24) is 10.2 Å². The molecule has 1 N–H and O–H groups in total. The molecule has 0 aliphatic carbocycles. The highest BCUT2D eigenvalue weighted by molar-refractivity contribution is 6.00. The Kier molecular flexibility index (Phi) is 6.32. The first kappa shape index (κ1) is 19.2. The number of hydrogen-bond acceptors (Lipinski definition) is 4. The van der Waals surface area contributed by atoms with E-state index in [2.05, 4.69) is 5.32 Å². The van der Waals surface area contributed by atoms with Gasteiger partial charge < -0.3 is 19.9 Å². The Morgan fingerprint density at radius 2 is 2.00 bits per heavy atom. The molecule has 0 bridgehead atoms. The van der Waals surface area contributed by atoms with Crippen molar-refractivity contribution < 1.29 is 19.1 Å². The van der Waals surface area contributed by atoms with Gasteiger partial charge in [-0.1, -0.05) is 0 Å². The fraction of sp³-hybridized carbons (Fsp3) is 0.550. The van der Waals surface area contributed by atoms with Gasteiger partial charge in [-0.25, -0.2) is 0 Å². The van der Waals surface area contributed by atoms with Crippen LogP contribution in [0.3, 0.4) is 0 Å². The van der Waals surface area contributed by atoms with E-state index in [0.29, 0.717) is 32.7 Å². The minimum absolute atomic E-state index is 0.0398. The second-order valence-electron chi connectivity index (χ2n) is 6.96. The van der Waals surface area contributed by atoms with Crippen LogP contribution < -0.4 is 15.0 Å². The first-order valence-corrected chi connectivity index (χ1v) is 9.67. The molecule has 7 nitrogen and oxygen atoms in total. The highest BCUT2D eigenvalue weighted by atomic mass is 16.5. The molecular weight excluding hydrogens is 346 g/mol. The number of carbonyl (C=O) groups excluding carboxylic acids is 3. The Hall–Kier alpha value is -2.57. The summed E-state index contributed by atoms with van der Waals surface area (Å²) >= 11 is 0. The van der Waals surface area contributed by atoms with Crippen LogP contribution in [-0.4, -0.2) is 55.4 Å². The summed E-state index contributed by atoms with van der Waals surface area (Å²) in [4.78, 5) is 39.8. The highest BCUT2D eigenvalue weighted by Gasteiger charge is 2.35. The summed E-state index contributed by atoms with van der Waals surface area (Å²) in [6.07, 6.45) is 2.53. The third-order valence-electron chi connectivity index (χ3n) is 5.03. The van der Waals surface area contributed by atoms with E-state index >= 15 is 0 Å². The molecule has 146 valence electrons. The summed E-state index contributed by atoms with van der Waals surface area (Å²) in [6.45, 7) is 4.93. The van der Waals surface area contributed by atoms with Gasteiger partial charge in [0.15, 0.2) is 0 Å². The van der Waals surface area contributed by atoms with Gasteiger partial charge >= 0.3 is 0 Å². The topological polar surface area (TPSA) is 79.0 Å². The van der Waals surface area contributed by atoms with Crippen molar-refractivity contribution in [2.75, 3.05) is 37.7 Å². The van der Waals surface area contributed by atoms with Crippen LogP contribution in [0.1, 0.15) is 32.6 Å². The molecule has 3 rings (SSSR count). The second kappa shape index (κ2) is 8.88. The van der Waals surface area contributed by atoms with Gasteiger partial charge in [-0.15, -0.1) is 0 Å². The Labute approximate surface area is 159 Å². The van der Waals surface area contributed by atoms with Crippen molar-refractivity contribution in [3.8, 4) is 5.75 Å². The number of amides is 3. The van der Waals surface area contributed by atoms with E-state index < -0.39 is 0 Å². The van der Waals surface area contributed by atoms with Gasteiger partial charge in [0.05, 0.1) is 12.5 Å². The lowest BCUT2D eigenvalue weighted by atomic mass is 10.1. The van der Waals surface area contributed by atoms with E-state index in [-0.39, 0.29) is 30.1 Å². The number of nitrogens with zero attached hydrogens (tertiary/aromatic N) is 2. The molecule has 2 saturated heterocycles.